The van der Waals surface area contributed by atoms with E-state index in [1.807, 2.05) is 0 Å². The van der Waals surface area contributed by atoms with Crippen LogP contribution in [0.25, 0.3) is 0 Å². The van der Waals surface area contributed by atoms with E-state index in [1.54, 1.807) is 6.92 Å². The number of carbonyl (C=O) groups is 1. The van der Waals surface area contributed by atoms with Crippen molar-refractivity contribution in [2.24, 2.45) is 0 Å². The summed E-state index contributed by atoms with van der Waals surface area (Å²) >= 11 is 0. The summed E-state index contributed by atoms with van der Waals surface area (Å²) in [6.45, 7) is 2.02. The van der Waals surface area contributed by atoms with Crippen molar-refractivity contribution >= 4 is 5.97 Å². The molecule has 100 valence electrons. The standard InChI is InChI=1S/C12H13F3O3/c1-2-18-10-5-4-9(12(13,14)15)7-8(10)3-6-11(16)17/h4-5,7H,2-3,6H2,1H3,(H,16,17). The van der Waals surface area contributed by atoms with Gasteiger partial charge in [0.2, 0.25) is 0 Å². The third-order valence-corrected chi connectivity index (χ3v) is 2.30. The lowest BCUT2D eigenvalue weighted by Gasteiger charge is -2.13. The number of aryl methyl sites for hydroxylation is 1. The molecule has 3 nitrogen and oxygen atoms in total. The van der Waals surface area contributed by atoms with Gasteiger partial charge in [-0.05, 0) is 37.1 Å². The largest absolute Gasteiger partial charge is 0.494 e. The van der Waals surface area contributed by atoms with Gasteiger partial charge in [-0.3, -0.25) is 4.79 Å². The lowest BCUT2D eigenvalue weighted by Crippen LogP contribution is -2.08. The maximum atomic E-state index is 12.5. The van der Waals surface area contributed by atoms with Gasteiger partial charge in [-0.1, -0.05) is 0 Å². The molecule has 1 aromatic carbocycles. The van der Waals surface area contributed by atoms with E-state index in [-0.39, 0.29) is 18.4 Å². The predicted octanol–water partition coefficient (Wildman–Crippen LogP) is 3.12. The summed E-state index contributed by atoms with van der Waals surface area (Å²) in [6.07, 6.45) is -4.67. The first-order chi connectivity index (χ1) is 8.34. The van der Waals surface area contributed by atoms with Crippen LogP contribution in [0.3, 0.4) is 0 Å². The Morgan fingerprint density at radius 2 is 2.06 bits per heavy atom. The Balaban J connectivity index is 3.03. The van der Waals surface area contributed by atoms with Crippen molar-refractivity contribution in [1.82, 2.24) is 0 Å². The van der Waals surface area contributed by atoms with Crippen molar-refractivity contribution in [2.45, 2.75) is 25.9 Å². The van der Waals surface area contributed by atoms with Crippen molar-refractivity contribution in [1.29, 1.82) is 0 Å². The Kier molecular flexibility index (Phi) is 4.58. The Morgan fingerprint density at radius 3 is 2.56 bits per heavy atom. The summed E-state index contributed by atoms with van der Waals surface area (Å²) in [7, 11) is 0. The fourth-order valence-electron chi connectivity index (χ4n) is 1.49. The molecule has 0 aromatic heterocycles. The molecule has 0 saturated heterocycles. The first-order valence-corrected chi connectivity index (χ1v) is 5.39. The fourth-order valence-corrected chi connectivity index (χ4v) is 1.49. The van der Waals surface area contributed by atoms with Gasteiger partial charge in [-0.2, -0.15) is 13.2 Å². The minimum Gasteiger partial charge on any atom is -0.494 e. The van der Waals surface area contributed by atoms with Crippen LogP contribution in [0, 0.1) is 0 Å². The van der Waals surface area contributed by atoms with Crippen LogP contribution in [0.2, 0.25) is 0 Å². The van der Waals surface area contributed by atoms with Crippen molar-refractivity contribution in [2.75, 3.05) is 6.61 Å². The Bertz CT molecular complexity index is 427. The van der Waals surface area contributed by atoms with Crippen LogP contribution in [-0.2, 0) is 17.4 Å². The molecular weight excluding hydrogens is 249 g/mol. The Labute approximate surface area is 102 Å². The van der Waals surface area contributed by atoms with Crippen LogP contribution in [0.15, 0.2) is 18.2 Å². The first kappa shape index (κ1) is 14.3. The molecule has 0 radical (unpaired) electrons. The number of carboxylic acids is 1. The van der Waals surface area contributed by atoms with Crippen molar-refractivity contribution < 1.29 is 27.8 Å². The quantitative estimate of drug-likeness (QED) is 0.886. The molecule has 0 saturated carbocycles. The van der Waals surface area contributed by atoms with E-state index in [0.717, 1.165) is 12.1 Å². The van der Waals surface area contributed by atoms with Crippen LogP contribution in [0.1, 0.15) is 24.5 Å². The first-order valence-electron chi connectivity index (χ1n) is 5.39. The molecule has 0 heterocycles. The topological polar surface area (TPSA) is 46.5 Å². The van der Waals surface area contributed by atoms with E-state index in [0.29, 0.717) is 12.4 Å². The second kappa shape index (κ2) is 5.75. The van der Waals surface area contributed by atoms with Gasteiger partial charge in [0.05, 0.1) is 12.2 Å². The number of rotatable bonds is 5. The van der Waals surface area contributed by atoms with Crippen LogP contribution in [0.5, 0.6) is 5.75 Å². The second-order valence-electron chi connectivity index (χ2n) is 3.65. The number of alkyl halides is 3. The van der Waals surface area contributed by atoms with Gasteiger partial charge in [-0.25, -0.2) is 0 Å². The maximum absolute atomic E-state index is 12.5. The van der Waals surface area contributed by atoms with E-state index < -0.39 is 17.7 Å². The molecule has 0 fully saturated rings. The molecule has 0 aliphatic heterocycles. The zero-order valence-corrected chi connectivity index (χ0v) is 9.75. The van der Waals surface area contributed by atoms with Gasteiger partial charge in [0.15, 0.2) is 0 Å². The normalized spacial score (nSPS) is 11.3. The monoisotopic (exact) mass is 262 g/mol. The van der Waals surface area contributed by atoms with Crippen LogP contribution >= 0.6 is 0 Å². The molecule has 0 aliphatic carbocycles. The van der Waals surface area contributed by atoms with E-state index in [1.165, 1.54) is 6.07 Å². The molecule has 0 unspecified atom stereocenters. The number of ether oxygens (including phenoxy) is 1. The average Bonchev–Trinajstić information content (AvgIpc) is 2.26. The maximum Gasteiger partial charge on any atom is 0.416 e. The highest BCUT2D eigenvalue weighted by Gasteiger charge is 2.31. The van der Waals surface area contributed by atoms with E-state index >= 15 is 0 Å². The summed E-state index contributed by atoms with van der Waals surface area (Å²) < 4.78 is 42.8. The number of hydrogen-bond donors (Lipinski definition) is 1. The molecule has 18 heavy (non-hydrogen) atoms. The van der Waals surface area contributed by atoms with Crippen molar-refractivity contribution in [3.63, 3.8) is 0 Å². The smallest absolute Gasteiger partial charge is 0.416 e. The second-order valence-corrected chi connectivity index (χ2v) is 3.65. The Morgan fingerprint density at radius 1 is 1.39 bits per heavy atom. The zero-order valence-electron chi connectivity index (χ0n) is 9.75. The summed E-state index contributed by atoms with van der Waals surface area (Å²) in [6, 6.07) is 3.09. The average molecular weight is 262 g/mol. The summed E-state index contributed by atoms with van der Waals surface area (Å²) in [5, 5.41) is 8.56. The lowest BCUT2D eigenvalue weighted by atomic mass is 10.0. The highest BCUT2D eigenvalue weighted by atomic mass is 19.4. The summed E-state index contributed by atoms with van der Waals surface area (Å²) in [4.78, 5) is 10.5. The molecular formula is C12H13F3O3. The number of carboxylic acid groups (broad SMARTS) is 1. The Hall–Kier alpha value is -1.72. The van der Waals surface area contributed by atoms with Gasteiger partial charge in [0.1, 0.15) is 5.75 Å². The molecule has 1 N–H and O–H groups in total. The fraction of sp³-hybridized carbons (Fsp3) is 0.417. The molecule has 0 bridgehead atoms. The summed E-state index contributed by atoms with van der Waals surface area (Å²) in [5.74, 6) is -0.762. The third-order valence-electron chi connectivity index (χ3n) is 2.30. The van der Waals surface area contributed by atoms with E-state index in [4.69, 9.17) is 9.84 Å². The van der Waals surface area contributed by atoms with Crippen LogP contribution < -0.4 is 4.74 Å². The van der Waals surface area contributed by atoms with Gasteiger partial charge in [0.25, 0.3) is 0 Å². The van der Waals surface area contributed by atoms with E-state index in [2.05, 4.69) is 0 Å². The van der Waals surface area contributed by atoms with Crippen molar-refractivity contribution in [3.05, 3.63) is 29.3 Å². The van der Waals surface area contributed by atoms with Gasteiger partial charge in [-0.15, -0.1) is 0 Å². The summed E-state index contributed by atoms with van der Waals surface area (Å²) in [5.41, 5.74) is -0.541. The highest BCUT2D eigenvalue weighted by molar-refractivity contribution is 5.67. The lowest BCUT2D eigenvalue weighted by molar-refractivity contribution is -0.137. The minimum absolute atomic E-state index is 0.00852. The molecule has 1 rings (SSSR count). The highest BCUT2D eigenvalue weighted by Crippen LogP contribution is 2.33. The SMILES string of the molecule is CCOc1ccc(C(F)(F)F)cc1CCC(=O)O. The number of hydrogen-bond acceptors (Lipinski definition) is 2. The zero-order chi connectivity index (χ0) is 13.8. The number of aliphatic carboxylic acids is 1. The van der Waals surface area contributed by atoms with Crippen LogP contribution in [0.4, 0.5) is 13.2 Å². The van der Waals surface area contributed by atoms with Crippen LogP contribution in [-0.4, -0.2) is 17.7 Å². The molecule has 0 atom stereocenters. The van der Waals surface area contributed by atoms with Gasteiger partial charge >= 0.3 is 12.1 Å². The molecule has 0 aliphatic rings. The molecule has 6 heteroatoms. The molecule has 0 spiro atoms. The predicted molar refractivity (Wildman–Crippen MR) is 58.6 cm³/mol. The number of benzene rings is 1. The minimum atomic E-state index is -4.44. The third kappa shape index (κ3) is 3.94. The van der Waals surface area contributed by atoms with Gasteiger partial charge < -0.3 is 9.84 Å². The molecule has 0 amide bonds. The van der Waals surface area contributed by atoms with Gasteiger partial charge in [0, 0.05) is 6.42 Å². The molecule has 1 aromatic rings. The van der Waals surface area contributed by atoms with Crippen molar-refractivity contribution in [3.8, 4) is 5.75 Å². The van der Waals surface area contributed by atoms with E-state index in [9.17, 15) is 18.0 Å². The number of halogens is 3.